The number of benzene rings is 3. The molecule has 4 rings (SSSR count). The van der Waals surface area contributed by atoms with E-state index in [1.807, 2.05) is 24.3 Å². The van der Waals surface area contributed by atoms with Crippen molar-refractivity contribution in [1.82, 2.24) is 0 Å². The van der Waals surface area contributed by atoms with Gasteiger partial charge in [-0.25, -0.2) is 4.57 Å². The number of nitrogens with zero attached hydrogens (tertiary/aromatic N) is 1. The molecule has 0 radical (unpaired) electrons. The SMILES string of the molecule is CC(OP(=O)(Oc1ccccc1)Oc1ccccc1)C1CC(c2cc(C(C)(C)C)c(O)c(C(C)(C)C)c2)=NO1. The van der Waals surface area contributed by atoms with Gasteiger partial charge in [0.25, 0.3) is 0 Å². The van der Waals surface area contributed by atoms with Crippen LogP contribution in [0, 0.1) is 0 Å². The average Bonchev–Trinajstić information content (AvgIpc) is 3.34. The molecule has 1 N–H and O–H groups in total. The second-order valence-electron chi connectivity index (χ2n) is 11.9. The van der Waals surface area contributed by atoms with Gasteiger partial charge in [-0.2, -0.15) is 0 Å². The fourth-order valence-electron chi connectivity index (χ4n) is 4.32. The van der Waals surface area contributed by atoms with Crippen molar-refractivity contribution in [3.63, 3.8) is 0 Å². The first-order chi connectivity index (χ1) is 18.2. The molecule has 2 unspecified atom stereocenters. The van der Waals surface area contributed by atoms with Crippen LogP contribution in [0.4, 0.5) is 0 Å². The second kappa shape index (κ2) is 11.1. The molecule has 7 nitrogen and oxygen atoms in total. The number of phenols is 1. The number of rotatable bonds is 8. The quantitative estimate of drug-likeness (QED) is 0.284. The van der Waals surface area contributed by atoms with Crippen molar-refractivity contribution in [2.75, 3.05) is 0 Å². The maximum atomic E-state index is 13.8. The number of para-hydroxylation sites is 2. The van der Waals surface area contributed by atoms with Crippen molar-refractivity contribution < 1.29 is 28.1 Å². The van der Waals surface area contributed by atoms with Crippen molar-refractivity contribution in [2.24, 2.45) is 5.16 Å². The van der Waals surface area contributed by atoms with Crippen LogP contribution in [0.25, 0.3) is 0 Å². The Balaban J connectivity index is 1.56. The largest absolute Gasteiger partial charge is 0.587 e. The normalized spacial score (nSPS) is 16.8. The van der Waals surface area contributed by atoms with Gasteiger partial charge in [0.2, 0.25) is 0 Å². The Morgan fingerprint density at radius 2 is 1.33 bits per heavy atom. The molecular weight excluding hydrogens is 513 g/mol. The average molecular weight is 552 g/mol. The number of aromatic hydroxyl groups is 1. The van der Waals surface area contributed by atoms with E-state index in [0.717, 1.165) is 22.4 Å². The highest BCUT2D eigenvalue weighted by atomic mass is 31.2. The summed E-state index contributed by atoms with van der Waals surface area (Å²) in [5, 5.41) is 15.5. The van der Waals surface area contributed by atoms with Crippen LogP contribution in [0.5, 0.6) is 17.2 Å². The first-order valence-corrected chi connectivity index (χ1v) is 14.6. The molecule has 208 valence electrons. The fourth-order valence-corrected chi connectivity index (χ4v) is 5.74. The molecule has 0 bridgehead atoms. The molecule has 1 aliphatic heterocycles. The highest BCUT2D eigenvalue weighted by Crippen LogP contribution is 2.51. The van der Waals surface area contributed by atoms with Crippen LogP contribution in [0.2, 0.25) is 0 Å². The van der Waals surface area contributed by atoms with Crippen LogP contribution in [-0.4, -0.2) is 23.0 Å². The van der Waals surface area contributed by atoms with Gasteiger partial charge in [-0.05, 0) is 54.2 Å². The summed E-state index contributed by atoms with van der Waals surface area (Å²) in [5.41, 5.74) is 2.75. The summed E-state index contributed by atoms with van der Waals surface area (Å²) in [6.07, 6.45) is -0.765. The molecule has 1 aliphatic rings. The van der Waals surface area contributed by atoms with E-state index in [-0.39, 0.29) is 10.8 Å². The molecule has 8 heteroatoms. The van der Waals surface area contributed by atoms with E-state index in [1.54, 1.807) is 55.5 Å². The molecule has 3 aromatic rings. The minimum Gasteiger partial charge on any atom is -0.507 e. The van der Waals surface area contributed by atoms with Crippen LogP contribution >= 0.6 is 7.82 Å². The smallest absolute Gasteiger partial charge is 0.507 e. The van der Waals surface area contributed by atoms with Crippen LogP contribution in [-0.2, 0) is 24.8 Å². The summed E-state index contributed by atoms with van der Waals surface area (Å²) < 4.78 is 31.3. The zero-order valence-electron chi connectivity index (χ0n) is 23.7. The molecule has 0 aromatic heterocycles. The highest BCUT2D eigenvalue weighted by molar-refractivity contribution is 7.49. The summed E-state index contributed by atoms with van der Waals surface area (Å²) >= 11 is 0. The summed E-state index contributed by atoms with van der Waals surface area (Å²) in [4.78, 5) is 5.78. The Kier molecular flexibility index (Phi) is 8.15. The third-order valence-corrected chi connectivity index (χ3v) is 7.95. The predicted octanol–water partition coefficient (Wildman–Crippen LogP) is 8.15. The van der Waals surface area contributed by atoms with E-state index in [0.29, 0.717) is 23.7 Å². The number of phosphoric ester groups is 1. The van der Waals surface area contributed by atoms with Gasteiger partial charge < -0.3 is 19.0 Å². The van der Waals surface area contributed by atoms with Gasteiger partial charge in [0.1, 0.15) is 23.4 Å². The maximum Gasteiger partial charge on any atom is 0.587 e. The minimum atomic E-state index is -4.09. The molecule has 2 atom stereocenters. The number of hydrogen-bond donors (Lipinski definition) is 1. The van der Waals surface area contributed by atoms with E-state index < -0.39 is 20.0 Å². The molecule has 0 saturated heterocycles. The van der Waals surface area contributed by atoms with Crippen LogP contribution in [0.3, 0.4) is 0 Å². The summed E-state index contributed by atoms with van der Waals surface area (Å²) in [6, 6.07) is 21.5. The summed E-state index contributed by atoms with van der Waals surface area (Å²) in [5.74, 6) is 1.03. The molecule has 39 heavy (non-hydrogen) atoms. The number of phenolic OH excluding ortho intramolecular Hbond substituents is 1. The first-order valence-electron chi connectivity index (χ1n) is 13.1. The Morgan fingerprint density at radius 3 is 1.77 bits per heavy atom. The molecule has 0 aliphatic carbocycles. The molecule has 3 aromatic carbocycles. The summed E-state index contributed by atoms with van der Waals surface area (Å²) in [6.45, 7) is 14.2. The molecule has 0 saturated carbocycles. The van der Waals surface area contributed by atoms with E-state index >= 15 is 0 Å². The zero-order chi connectivity index (χ0) is 28.4. The number of hydrogen-bond acceptors (Lipinski definition) is 7. The van der Waals surface area contributed by atoms with Crippen molar-refractivity contribution in [2.45, 2.75) is 77.9 Å². The molecular formula is C31H38NO6P. The molecule has 1 heterocycles. The van der Waals surface area contributed by atoms with Gasteiger partial charge in [-0.3, -0.25) is 4.52 Å². The molecule has 0 fully saturated rings. The van der Waals surface area contributed by atoms with Crippen LogP contribution in [0.1, 0.15) is 71.6 Å². The predicted molar refractivity (Wildman–Crippen MR) is 154 cm³/mol. The maximum absolute atomic E-state index is 13.8. The van der Waals surface area contributed by atoms with E-state index in [9.17, 15) is 9.67 Å². The Labute approximate surface area is 231 Å². The minimum absolute atomic E-state index is 0.272. The Hall–Kier alpha value is -3.28. The zero-order valence-corrected chi connectivity index (χ0v) is 24.6. The van der Waals surface area contributed by atoms with Crippen LogP contribution < -0.4 is 9.05 Å². The monoisotopic (exact) mass is 551 g/mol. The van der Waals surface area contributed by atoms with Gasteiger partial charge in [0.15, 0.2) is 6.10 Å². The van der Waals surface area contributed by atoms with Crippen molar-refractivity contribution in [3.8, 4) is 17.2 Å². The van der Waals surface area contributed by atoms with Crippen LogP contribution in [0.15, 0.2) is 78.0 Å². The lowest BCUT2D eigenvalue weighted by Gasteiger charge is -2.28. The van der Waals surface area contributed by atoms with Gasteiger partial charge in [0, 0.05) is 23.1 Å². The number of phosphoric acid groups is 1. The first kappa shape index (κ1) is 28.7. The fraction of sp³-hybridized carbons (Fsp3) is 0.387. The molecule has 0 amide bonds. The summed E-state index contributed by atoms with van der Waals surface area (Å²) in [7, 11) is -4.09. The van der Waals surface area contributed by atoms with E-state index in [1.165, 1.54) is 0 Å². The van der Waals surface area contributed by atoms with Gasteiger partial charge in [0.05, 0.1) is 5.71 Å². The van der Waals surface area contributed by atoms with Crippen molar-refractivity contribution in [1.29, 1.82) is 0 Å². The highest BCUT2D eigenvalue weighted by Gasteiger charge is 2.39. The van der Waals surface area contributed by atoms with Gasteiger partial charge in [-0.15, -0.1) is 0 Å². The topological polar surface area (TPSA) is 86.6 Å². The van der Waals surface area contributed by atoms with Gasteiger partial charge >= 0.3 is 7.82 Å². The van der Waals surface area contributed by atoms with Crippen molar-refractivity contribution in [3.05, 3.63) is 89.5 Å². The third-order valence-electron chi connectivity index (χ3n) is 6.49. The lowest BCUT2D eigenvalue weighted by molar-refractivity contribution is -0.00575. The standard InChI is InChI=1S/C31H38NO6P/c1-21(36-39(34,37-23-14-10-8-11-15-23)38-24-16-12-9-13-17-24)28-20-27(32-35-28)22-18-25(30(2,3)4)29(33)26(19-22)31(5,6)7/h8-19,21,28,33H,20H2,1-7H3. The van der Waals surface area contributed by atoms with E-state index in [2.05, 4.69) is 46.7 Å². The second-order valence-corrected chi connectivity index (χ2v) is 13.3. The Bertz CT molecular complexity index is 1280. The van der Waals surface area contributed by atoms with Gasteiger partial charge in [-0.1, -0.05) is 83.1 Å². The lowest BCUT2D eigenvalue weighted by atomic mass is 9.78. The Morgan fingerprint density at radius 1 is 0.872 bits per heavy atom. The number of oxime groups is 1. The lowest BCUT2D eigenvalue weighted by Crippen LogP contribution is -2.27. The third kappa shape index (κ3) is 7.03. The van der Waals surface area contributed by atoms with Crippen molar-refractivity contribution >= 4 is 13.5 Å². The van der Waals surface area contributed by atoms with E-state index in [4.69, 9.17) is 18.4 Å². The molecule has 0 spiro atoms.